The van der Waals surface area contributed by atoms with Crippen molar-refractivity contribution in [3.63, 3.8) is 0 Å². The molecule has 0 aliphatic heterocycles. The molecule has 0 aliphatic rings. The van der Waals surface area contributed by atoms with Crippen LogP contribution in [-0.4, -0.2) is 16.3 Å². The number of H-pyrrole nitrogens is 1. The quantitative estimate of drug-likeness (QED) is 0.392. The SMILES string of the molecule is Cc1cccc(NC(=S)N/N=C\c2c[nH]c3ccccc23)c1. The van der Waals surface area contributed by atoms with Gasteiger partial charge in [-0.1, -0.05) is 30.3 Å². The minimum absolute atomic E-state index is 0.460. The number of hydrogen-bond donors (Lipinski definition) is 3. The third-order valence-electron chi connectivity index (χ3n) is 3.27. The number of anilines is 1. The number of rotatable bonds is 3. The third-order valence-corrected chi connectivity index (χ3v) is 3.46. The maximum atomic E-state index is 5.23. The fraction of sp³-hybridized carbons (Fsp3) is 0.0588. The Hall–Kier alpha value is -2.66. The van der Waals surface area contributed by atoms with E-state index in [2.05, 4.69) is 26.9 Å². The van der Waals surface area contributed by atoms with Crippen LogP contribution >= 0.6 is 12.2 Å². The Balaban J connectivity index is 1.63. The summed E-state index contributed by atoms with van der Waals surface area (Å²) in [4.78, 5) is 3.20. The average Bonchev–Trinajstić information content (AvgIpc) is 2.91. The van der Waals surface area contributed by atoms with E-state index in [0.29, 0.717) is 5.11 Å². The second kappa shape index (κ2) is 6.41. The molecular formula is C17H16N4S. The molecule has 4 nitrogen and oxygen atoms in total. The lowest BCUT2D eigenvalue weighted by atomic mass is 10.2. The van der Waals surface area contributed by atoms with Crippen LogP contribution in [0.4, 0.5) is 5.69 Å². The summed E-state index contributed by atoms with van der Waals surface area (Å²) in [5.74, 6) is 0. The van der Waals surface area contributed by atoms with Crippen molar-refractivity contribution in [1.29, 1.82) is 0 Å². The van der Waals surface area contributed by atoms with Crippen LogP contribution in [-0.2, 0) is 0 Å². The Labute approximate surface area is 134 Å². The molecule has 0 unspecified atom stereocenters. The monoisotopic (exact) mass is 308 g/mol. The molecule has 0 amide bonds. The van der Waals surface area contributed by atoms with Crippen LogP contribution in [0.3, 0.4) is 0 Å². The highest BCUT2D eigenvalue weighted by Gasteiger charge is 2.00. The molecular weight excluding hydrogens is 292 g/mol. The molecule has 0 radical (unpaired) electrons. The number of nitrogens with one attached hydrogen (secondary N) is 3. The lowest BCUT2D eigenvalue weighted by Gasteiger charge is -2.07. The van der Waals surface area contributed by atoms with E-state index in [0.717, 1.165) is 22.2 Å². The molecule has 1 heterocycles. The van der Waals surface area contributed by atoms with Gasteiger partial charge in [0.05, 0.1) is 6.21 Å². The summed E-state index contributed by atoms with van der Waals surface area (Å²) < 4.78 is 0. The second-order valence-corrected chi connectivity index (χ2v) is 5.39. The summed E-state index contributed by atoms with van der Waals surface area (Å²) in [6.45, 7) is 2.04. The van der Waals surface area contributed by atoms with Crippen molar-refractivity contribution in [2.45, 2.75) is 6.92 Å². The first kappa shape index (κ1) is 14.3. The first-order chi connectivity index (χ1) is 10.7. The Morgan fingerprint density at radius 3 is 2.91 bits per heavy atom. The van der Waals surface area contributed by atoms with Gasteiger partial charge in [-0.05, 0) is 42.9 Å². The maximum Gasteiger partial charge on any atom is 0.191 e. The molecule has 110 valence electrons. The molecule has 3 rings (SSSR count). The average molecular weight is 308 g/mol. The molecule has 0 spiro atoms. The van der Waals surface area contributed by atoms with Gasteiger partial charge in [-0.15, -0.1) is 0 Å². The third kappa shape index (κ3) is 3.32. The first-order valence-corrected chi connectivity index (χ1v) is 7.36. The van der Waals surface area contributed by atoms with Gasteiger partial charge >= 0.3 is 0 Å². The maximum absolute atomic E-state index is 5.23. The number of thiocarbonyl (C=S) groups is 1. The summed E-state index contributed by atoms with van der Waals surface area (Å²) in [6, 6.07) is 16.1. The topological polar surface area (TPSA) is 52.2 Å². The van der Waals surface area contributed by atoms with Gasteiger partial charge in [0.2, 0.25) is 0 Å². The highest BCUT2D eigenvalue weighted by atomic mass is 32.1. The van der Waals surface area contributed by atoms with Crippen molar-refractivity contribution in [3.05, 3.63) is 65.9 Å². The zero-order chi connectivity index (χ0) is 15.4. The Morgan fingerprint density at radius 2 is 2.05 bits per heavy atom. The molecule has 22 heavy (non-hydrogen) atoms. The Bertz CT molecular complexity index is 835. The van der Waals surface area contributed by atoms with Crippen molar-refractivity contribution in [1.82, 2.24) is 10.4 Å². The minimum atomic E-state index is 0.460. The van der Waals surface area contributed by atoms with Gasteiger partial charge in [0.1, 0.15) is 0 Å². The van der Waals surface area contributed by atoms with Crippen molar-refractivity contribution in [3.8, 4) is 0 Å². The van der Waals surface area contributed by atoms with E-state index in [1.54, 1.807) is 6.21 Å². The number of aromatic amines is 1. The molecule has 0 aliphatic carbocycles. The fourth-order valence-corrected chi connectivity index (χ4v) is 2.41. The summed E-state index contributed by atoms with van der Waals surface area (Å²) in [5, 5.41) is 8.87. The van der Waals surface area contributed by atoms with Crippen molar-refractivity contribution in [2.75, 3.05) is 5.32 Å². The van der Waals surface area contributed by atoms with Crippen LogP contribution in [0.1, 0.15) is 11.1 Å². The number of hydrogen-bond acceptors (Lipinski definition) is 2. The van der Waals surface area contributed by atoms with E-state index in [4.69, 9.17) is 12.2 Å². The Morgan fingerprint density at radius 1 is 1.18 bits per heavy atom. The molecule has 0 saturated heterocycles. The first-order valence-electron chi connectivity index (χ1n) is 6.95. The molecule has 0 bridgehead atoms. The van der Waals surface area contributed by atoms with E-state index in [9.17, 15) is 0 Å². The van der Waals surface area contributed by atoms with E-state index >= 15 is 0 Å². The number of fused-ring (bicyclic) bond motifs is 1. The lowest BCUT2D eigenvalue weighted by Crippen LogP contribution is -2.23. The smallest absolute Gasteiger partial charge is 0.191 e. The predicted octanol–water partition coefficient (Wildman–Crippen LogP) is 3.80. The summed E-state index contributed by atoms with van der Waals surface area (Å²) in [7, 11) is 0. The molecule has 0 atom stereocenters. The number of hydrazone groups is 1. The van der Waals surface area contributed by atoms with E-state index < -0.39 is 0 Å². The molecule has 2 aromatic carbocycles. The van der Waals surface area contributed by atoms with Crippen LogP contribution in [0.5, 0.6) is 0 Å². The molecule has 3 aromatic rings. The standard InChI is InChI=1S/C17H16N4S/c1-12-5-4-6-14(9-12)20-17(22)21-19-11-13-10-18-16-8-3-2-7-15(13)16/h2-11,18H,1H3,(H2,20,21,22)/b19-11-. The van der Waals surface area contributed by atoms with Gasteiger partial charge in [0.15, 0.2) is 5.11 Å². The molecule has 1 aromatic heterocycles. The molecule has 0 saturated carbocycles. The number of aromatic nitrogens is 1. The number of para-hydroxylation sites is 1. The van der Waals surface area contributed by atoms with Gasteiger partial charge in [0.25, 0.3) is 0 Å². The van der Waals surface area contributed by atoms with Crippen LogP contribution < -0.4 is 10.7 Å². The normalized spacial score (nSPS) is 11.0. The number of nitrogens with zero attached hydrogens (tertiary/aromatic N) is 1. The second-order valence-electron chi connectivity index (χ2n) is 4.98. The van der Waals surface area contributed by atoms with Crippen molar-refractivity contribution in [2.24, 2.45) is 5.10 Å². The van der Waals surface area contributed by atoms with E-state index in [-0.39, 0.29) is 0 Å². The van der Waals surface area contributed by atoms with E-state index in [1.807, 2.05) is 55.6 Å². The molecule has 5 heteroatoms. The minimum Gasteiger partial charge on any atom is -0.361 e. The van der Waals surface area contributed by atoms with Gasteiger partial charge in [-0.3, -0.25) is 5.43 Å². The van der Waals surface area contributed by atoms with E-state index in [1.165, 1.54) is 5.56 Å². The van der Waals surface area contributed by atoms with Crippen molar-refractivity contribution >= 4 is 40.1 Å². The van der Waals surface area contributed by atoms with Crippen LogP contribution in [0.15, 0.2) is 59.8 Å². The zero-order valence-electron chi connectivity index (χ0n) is 12.1. The largest absolute Gasteiger partial charge is 0.361 e. The summed E-state index contributed by atoms with van der Waals surface area (Å²) >= 11 is 5.23. The Kier molecular flexibility index (Phi) is 4.16. The summed E-state index contributed by atoms with van der Waals surface area (Å²) in [6.07, 6.45) is 3.68. The fourth-order valence-electron chi connectivity index (χ4n) is 2.24. The van der Waals surface area contributed by atoms with Crippen molar-refractivity contribution < 1.29 is 0 Å². The molecule has 3 N–H and O–H groups in total. The van der Waals surface area contributed by atoms with Crippen LogP contribution in [0, 0.1) is 6.92 Å². The lowest BCUT2D eigenvalue weighted by molar-refractivity contribution is 1.05. The summed E-state index contributed by atoms with van der Waals surface area (Å²) in [5.41, 5.74) is 7.05. The zero-order valence-corrected chi connectivity index (χ0v) is 12.9. The van der Waals surface area contributed by atoms with Crippen LogP contribution in [0.2, 0.25) is 0 Å². The predicted molar refractivity (Wildman–Crippen MR) is 96.4 cm³/mol. The molecule has 0 fully saturated rings. The van der Waals surface area contributed by atoms with Gasteiger partial charge in [-0.25, -0.2) is 0 Å². The van der Waals surface area contributed by atoms with Gasteiger partial charge in [-0.2, -0.15) is 5.10 Å². The highest BCUT2D eigenvalue weighted by molar-refractivity contribution is 7.80. The highest BCUT2D eigenvalue weighted by Crippen LogP contribution is 2.15. The number of benzene rings is 2. The van der Waals surface area contributed by atoms with Gasteiger partial charge in [0, 0.05) is 28.4 Å². The number of aryl methyl sites for hydroxylation is 1. The van der Waals surface area contributed by atoms with Crippen LogP contribution in [0.25, 0.3) is 10.9 Å². The van der Waals surface area contributed by atoms with Gasteiger partial charge < -0.3 is 10.3 Å².